The van der Waals surface area contributed by atoms with Gasteiger partial charge < -0.3 is 19.3 Å². The van der Waals surface area contributed by atoms with Crippen LogP contribution >= 0.6 is 0 Å². The molecule has 9 nitrogen and oxygen atoms in total. The minimum Gasteiger partial charge on any atom is -0.361 e. The Balaban J connectivity index is 1.44. The molecule has 4 rings (SSSR count). The maximum atomic E-state index is 12.7. The Morgan fingerprint density at radius 1 is 1.23 bits per heavy atom. The summed E-state index contributed by atoms with van der Waals surface area (Å²) in [4.78, 5) is 31.8. The zero-order valence-electron chi connectivity index (χ0n) is 18.9. The summed E-state index contributed by atoms with van der Waals surface area (Å²) in [6.45, 7) is 10.6. The lowest BCUT2D eigenvalue weighted by molar-refractivity contribution is -0.134. The molecule has 2 aromatic rings. The number of nitrogens with zero attached hydrogens (tertiary/aromatic N) is 4. The summed E-state index contributed by atoms with van der Waals surface area (Å²) in [5.41, 5.74) is 1.44. The summed E-state index contributed by atoms with van der Waals surface area (Å²) in [6.07, 6.45) is 2.47. The molecule has 2 fully saturated rings. The number of carbonyl (C=O) groups excluding carboxylic acids is 2. The van der Waals surface area contributed by atoms with Crippen LogP contribution in [0.2, 0.25) is 0 Å². The van der Waals surface area contributed by atoms with Gasteiger partial charge in [-0.05, 0) is 46.0 Å². The summed E-state index contributed by atoms with van der Waals surface area (Å²) in [5.74, 6) is 2.22. The van der Waals surface area contributed by atoms with Gasteiger partial charge in [-0.2, -0.15) is 4.98 Å². The Morgan fingerprint density at radius 3 is 2.61 bits per heavy atom. The first-order valence-electron chi connectivity index (χ1n) is 11.0. The van der Waals surface area contributed by atoms with E-state index in [1.54, 1.807) is 6.92 Å². The number of hydrogen-bond acceptors (Lipinski definition) is 7. The fourth-order valence-electron chi connectivity index (χ4n) is 5.24. The summed E-state index contributed by atoms with van der Waals surface area (Å²) in [5, 5.41) is 11.1. The SMILES string of the molecule is Cc1noc([C@]23C[C@H](NC(=O)CCc4c(C)noc4C)CC2CN(C(=O)C(C)C)C3)n1. The van der Waals surface area contributed by atoms with E-state index in [1.165, 1.54) is 0 Å². The van der Waals surface area contributed by atoms with Crippen molar-refractivity contribution in [3.8, 4) is 0 Å². The maximum Gasteiger partial charge on any atom is 0.235 e. The van der Waals surface area contributed by atoms with Gasteiger partial charge in [-0.1, -0.05) is 24.2 Å². The van der Waals surface area contributed by atoms with Crippen LogP contribution < -0.4 is 5.32 Å². The number of aromatic nitrogens is 3. The molecular weight excluding hydrogens is 398 g/mol. The van der Waals surface area contributed by atoms with Crippen LogP contribution in [0.5, 0.6) is 0 Å². The lowest BCUT2D eigenvalue weighted by atomic mass is 9.80. The third-order valence-electron chi connectivity index (χ3n) is 6.78. The molecule has 1 unspecified atom stereocenters. The molecule has 1 N–H and O–H groups in total. The molecule has 1 saturated heterocycles. The Bertz CT molecular complexity index is 961. The van der Waals surface area contributed by atoms with Crippen molar-refractivity contribution in [2.45, 2.75) is 71.8 Å². The highest BCUT2D eigenvalue weighted by molar-refractivity contribution is 5.79. The van der Waals surface area contributed by atoms with Gasteiger partial charge in [-0.25, -0.2) is 0 Å². The monoisotopic (exact) mass is 429 g/mol. The number of nitrogens with one attached hydrogen (secondary N) is 1. The smallest absolute Gasteiger partial charge is 0.235 e. The molecule has 0 radical (unpaired) electrons. The topological polar surface area (TPSA) is 114 Å². The van der Waals surface area contributed by atoms with Crippen molar-refractivity contribution < 1.29 is 18.6 Å². The van der Waals surface area contributed by atoms with E-state index in [0.717, 1.165) is 23.4 Å². The molecule has 1 saturated carbocycles. The normalized spacial score (nSPS) is 25.3. The van der Waals surface area contributed by atoms with E-state index in [0.29, 0.717) is 44.1 Å². The first-order valence-corrected chi connectivity index (χ1v) is 11.0. The van der Waals surface area contributed by atoms with Crippen LogP contribution in [0.1, 0.15) is 61.8 Å². The predicted octanol–water partition coefficient (Wildman–Crippen LogP) is 2.25. The minimum absolute atomic E-state index is 0.0111. The van der Waals surface area contributed by atoms with Gasteiger partial charge in [-0.3, -0.25) is 9.59 Å². The minimum atomic E-state index is -0.397. The third-order valence-corrected chi connectivity index (χ3v) is 6.78. The van der Waals surface area contributed by atoms with E-state index >= 15 is 0 Å². The quantitative estimate of drug-likeness (QED) is 0.749. The molecule has 3 heterocycles. The van der Waals surface area contributed by atoms with Crippen LogP contribution in [0.3, 0.4) is 0 Å². The summed E-state index contributed by atoms with van der Waals surface area (Å²) in [6, 6.07) is 0.0191. The zero-order valence-corrected chi connectivity index (χ0v) is 18.9. The van der Waals surface area contributed by atoms with Crippen molar-refractivity contribution in [3.63, 3.8) is 0 Å². The number of likely N-dealkylation sites (tertiary alicyclic amines) is 1. The molecule has 0 aromatic carbocycles. The van der Waals surface area contributed by atoms with Crippen LogP contribution in [-0.4, -0.2) is 51.1 Å². The van der Waals surface area contributed by atoms with Gasteiger partial charge in [0.1, 0.15) is 5.76 Å². The molecule has 168 valence electrons. The van der Waals surface area contributed by atoms with Gasteiger partial charge in [0.2, 0.25) is 17.7 Å². The van der Waals surface area contributed by atoms with Crippen molar-refractivity contribution in [3.05, 3.63) is 28.7 Å². The van der Waals surface area contributed by atoms with Crippen LogP contribution in [0.25, 0.3) is 0 Å². The lowest BCUT2D eigenvalue weighted by Gasteiger charge is -2.26. The van der Waals surface area contributed by atoms with E-state index < -0.39 is 5.41 Å². The molecule has 9 heteroatoms. The van der Waals surface area contributed by atoms with Gasteiger partial charge in [-0.15, -0.1) is 0 Å². The van der Waals surface area contributed by atoms with Crippen molar-refractivity contribution in [1.29, 1.82) is 0 Å². The predicted molar refractivity (Wildman–Crippen MR) is 111 cm³/mol. The summed E-state index contributed by atoms with van der Waals surface area (Å²) >= 11 is 0. The van der Waals surface area contributed by atoms with Gasteiger partial charge in [0.15, 0.2) is 5.82 Å². The van der Waals surface area contributed by atoms with E-state index in [-0.39, 0.29) is 29.7 Å². The molecule has 2 aliphatic rings. The standard InChI is InChI=1S/C22H31N5O4/c1-12(2)20(29)27-10-16-8-17(9-22(16,11-27)21-23-15(5)26-31-21)24-19(28)7-6-18-13(3)25-30-14(18)4/h12,16-17H,6-11H2,1-5H3,(H,24,28)/t16?,17-,22+/m1/s1. The number of amides is 2. The molecule has 0 bridgehead atoms. The largest absolute Gasteiger partial charge is 0.361 e. The van der Waals surface area contributed by atoms with Crippen LogP contribution in [-0.2, 0) is 21.4 Å². The fraction of sp³-hybridized carbons (Fsp3) is 0.682. The van der Waals surface area contributed by atoms with Gasteiger partial charge in [0, 0.05) is 37.0 Å². The number of aryl methyl sites for hydroxylation is 3. The number of rotatable bonds is 6. The van der Waals surface area contributed by atoms with Gasteiger partial charge in [0.25, 0.3) is 0 Å². The van der Waals surface area contributed by atoms with Crippen molar-refractivity contribution in [1.82, 2.24) is 25.5 Å². The Morgan fingerprint density at radius 2 is 2.00 bits per heavy atom. The molecule has 1 aliphatic carbocycles. The van der Waals surface area contributed by atoms with Gasteiger partial charge >= 0.3 is 0 Å². The molecule has 1 aliphatic heterocycles. The highest BCUT2D eigenvalue weighted by atomic mass is 16.5. The Labute approximate surface area is 181 Å². The van der Waals surface area contributed by atoms with E-state index in [1.807, 2.05) is 32.6 Å². The molecule has 2 aromatic heterocycles. The Kier molecular flexibility index (Phi) is 5.61. The van der Waals surface area contributed by atoms with Gasteiger partial charge in [0.05, 0.1) is 11.1 Å². The summed E-state index contributed by atoms with van der Waals surface area (Å²) in [7, 11) is 0. The average Bonchev–Trinajstić information content (AvgIpc) is 3.43. The first-order chi connectivity index (χ1) is 14.7. The van der Waals surface area contributed by atoms with Crippen LogP contribution in [0.15, 0.2) is 9.05 Å². The second-order valence-corrected chi connectivity index (χ2v) is 9.38. The van der Waals surface area contributed by atoms with E-state index in [2.05, 4.69) is 20.6 Å². The highest BCUT2D eigenvalue weighted by Gasteiger charge is 2.58. The number of hydrogen-bond donors (Lipinski definition) is 1. The van der Waals surface area contributed by atoms with Crippen molar-refractivity contribution in [2.75, 3.05) is 13.1 Å². The average molecular weight is 430 g/mol. The molecular formula is C22H31N5O4. The van der Waals surface area contributed by atoms with Crippen LogP contribution in [0.4, 0.5) is 0 Å². The maximum absolute atomic E-state index is 12.7. The molecule has 0 spiro atoms. The number of carbonyl (C=O) groups is 2. The second-order valence-electron chi connectivity index (χ2n) is 9.38. The lowest BCUT2D eigenvalue weighted by Crippen LogP contribution is -2.40. The Hall–Kier alpha value is -2.71. The number of fused-ring (bicyclic) bond motifs is 1. The molecule has 31 heavy (non-hydrogen) atoms. The molecule has 3 atom stereocenters. The third kappa shape index (κ3) is 3.97. The van der Waals surface area contributed by atoms with Crippen LogP contribution in [0, 0.1) is 32.6 Å². The highest BCUT2D eigenvalue weighted by Crippen LogP contribution is 2.50. The zero-order chi connectivity index (χ0) is 22.3. The van der Waals surface area contributed by atoms with E-state index in [4.69, 9.17) is 9.05 Å². The second kappa shape index (κ2) is 8.09. The fourth-order valence-corrected chi connectivity index (χ4v) is 5.24. The molecule has 2 amide bonds. The summed E-state index contributed by atoms with van der Waals surface area (Å²) < 4.78 is 10.8. The van der Waals surface area contributed by atoms with Crippen molar-refractivity contribution in [2.24, 2.45) is 11.8 Å². The van der Waals surface area contributed by atoms with Crippen molar-refractivity contribution >= 4 is 11.8 Å². The first kappa shape index (κ1) is 21.5. The van der Waals surface area contributed by atoms with E-state index in [9.17, 15) is 9.59 Å².